The quantitative estimate of drug-likeness (QED) is 0.435. The molecule has 5 heteroatoms. The first-order chi connectivity index (χ1) is 8.66. The van der Waals surface area contributed by atoms with Crippen LogP contribution in [0, 0.1) is 0 Å². The van der Waals surface area contributed by atoms with Crippen LogP contribution in [0.15, 0.2) is 18.2 Å². The van der Waals surface area contributed by atoms with E-state index < -0.39 is 0 Å². The molecule has 0 saturated carbocycles. The molecule has 1 aromatic carbocycles. The number of unbranched alkanes of at least 4 members (excludes halogenated alkanes) is 3. The van der Waals surface area contributed by atoms with Crippen molar-refractivity contribution < 1.29 is 15.0 Å². The lowest BCUT2D eigenvalue weighted by atomic mass is 10.1. The van der Waals surface area contributed by atoms with Gasteiger partial charge in [-0.15, -0.1) is 0 Å². The van der Waals surface area contributed by atoms with Crippen molar-refractivity contribution in [2.45, 2.75) is 25.7 Å². The number of para-hydroxylation sites is 1. The highest BCUT2D eigenvalue weighted by atomic mass is 16.3. The molecule has 0 aliphatic rings. The standard InChI is InChI=1S/C13H20N2O3/c14-8-3-1-2-4-9-15-13(18)10-6-5-7-11(16)12(10)17/h5-7,16-17H,1-4,8-9,14H2,(H,15,18). The minimum atomic E-state index is -0.377. The maximum absolute atomic E-state index is 11.7. The number of phenolic OH excluding ortho intramolecular Hbond substituents is 2. The van der Waals surface area contributed by atoms with E-state index in [2.05, 4.69) is 5.32 Å². The maximum atomic E-state index is 11.7. The van der Waals surface area contributed by atoms with E-state index in [4.69, 9.17) is 5.73 Å². The lowest BCUT2D eigenvalue weighted by Gasteiger charge is -2.07. The van der Waals surface area contributed by atoms with Crippen molar-refractivity contribution in [3.05, 3.63) is 23.8 Å². The van der Waals surface area contributed by atoms with E-state index in [9.17, 15) is 15.0 Å². The Balaban J connectivity index is 2.35. The minimum Gasteiger partial charge on any atom is -0.504 e. The summed E-state index contributed by atoms with van der Waals surface area (Å²) in [5.74, 6) is -1.04. The van der Waals surface area contributed by atoms with Crippen LogP contribution in [0.5, 0.6) is 11.5 Å². The summed E-state index contributed by atoms with van der Waals surface area (Å²) in [5, 5.41) is 21.5. The fourth-order valence-electron chi connectivity index (χ4n) is 1.63. The molecule has 0 aliphatic carbocycles. The Morgan fingerprint density at radius 1 is 1.17 bits per heavy atom. The topological polar surface area (TPSA) is 95.6 Å². The Kier molecular flexibility index (Phi) is 6.00. The fourth-order valence-corrected chi connectivity index (χ4v) is 1.63. The molecule has 0 saturated heterocycles. The summed E-state index contributed by atoms with van der Waals surface area (Å²) in [6.07, 6.45) is 3.96. The minimum absolute atomic E-state index is 0.0944. The summed E-state index contributed by atoms with van der Waals surface area (Å²) >= 11 is 0. The van der Waals surface area contributed by atoms with Gasteiger partial charge in [0.2, 0.25) is 0 Å². The number of phenols is 2. The van der Waals surface area contributed by atoms with Crippen LogP contribution in [-0.2, 0) is 0 Å². The van der Waals surface area contributed by atoms with Gasteiger partial charge in [0.15, 0.2) is 11.5 Å². The molecular formula is C13H20N2O3. The van der Waals surface area contributed by atoms with Gasteiger partial charge in [-0.25, -0.2) is 0 Å². The van der Waals surface area contributed by atoms with Crippen LogP contribution in [-0.4, -0.2) is 29.2 Å². The van der Waals surface area contributed by atoms with Gasteiger partial charge >= 0.3 is 0 Å². The number of nitrogens with two attached hydrogens (primary N) is 1. The average Bonchev–Trinajstić information content (AvgIpc) is 2.36. The molecule has 1 aromatic rings. The van der Waals surface area contributed by atoms with Crippen LogP contribution in [0.3, 0.4) is 0 Å². The van der Waals surface area contributed by atoms with Gasteiger partial charge in [-0.2, -0.15) is 0 Å². The zero-order valence-corrected chi connectivity index (χ0v) is 10.4. The number of hydrogen-bond acceptors (Lipinski definition) is 4. The van der Waals surface area contributed by atoms with E-state index in [1.54, 1.807) is 0 Å². The van der Waals surface area contributed by atoms with Crippen molar-refractivity contribution in [2.75, 3.05) is 13.1 Å². The Hall–Kier alpha value is -1.75. The second kappa shape index (κ2) is 7.55. The van der Waals surface area contributed by atoms with Crippen LogP contribution in [0.1, 0.15) is 36.0 Å². The third kappa shape index (κ3) is 4.25. The smallest absolute Gasteiger partial charge is 0.255 e. The van der Waals surface area contributed by atoms with Crippen LogP contribution in [0.4, 0.5) is 0 Å². The molecule has 0 radical (unpaired) electrons. The number of amides is 1. The van der Waals surface area contributed by atoms with E-state index >= 15 is 0 Å². The Bertz CT molecular complexity index is 394. The molecule has 0 spiro atoms. The third-order valence-electron chi connectivity index (χ3n) is 2.68. The van der Waals surface area contributed by atoms with Crippen molar-refractivity contribution in [3.8, 4) is 11.5 Å². The lowest BCUT2D eigenvalue weighted by molar-refractivity contribution is 0.0949. The van der Waals surface area contributed by atoms with Crippen LogP contribution < -0.4 is 11.1 Å². The van der Waals surface area contributed by atoms with Crippen LogP contribution in [0.2, 0.25) is 0 Å². The van der Waals surface area contributed by atoms with Gasteiger partial charge in [0.1, 0.15) is 0 Å². The van der Waals surface area contributed by atoms with Crippen molar-refractivity contribution in [2.24, 2.45) is 5.73 Å². The highest BCUT2D eigenvalue weighted by Gasteiger charge is 2.12. The molecule has 0 atom stereocenters. The summed E-state index contributed by atoms with van der Waals surface area (Å²) in [4.78, 5) is 11.7. The molecular weight excluding hydrogens is 232 g/mol. The molecule has 0 fully saturated rings. The summed E-state index contributed by atoms with van der Waals surface area (Å²) in [7, 11) is 0. The predicted octanol–water partition coefficient (Wildman–Crippen LogP) is 1.35. The normalized spacial score (nSPS) is 10.3. The second-order valence-electron chi connectivity index (χ2n) is 4.13. The van der Waals surface area contributed by atoms with Crippen molar-refractivity contribution >= 4 is 5.91 Å². The van der Waals surface area contributed by atoms with E-state index in [0.717, 1.165) is 25.7 Å². The number of carbonyl (C=O) groups excluding carboxylic acids is 1. The van der Waals surface area contributed by atoms with Gasteiger partial charge < -0.3 is 21.3 Å². The number of hydrogen-bond donors (Lipinski definition) is 4. The van der Waals surface area contributed by atoms with Gasteiger partial charge in [0, 0.05) is 6.54 Å². The average molecular weight is 252 g/mol. The predicted molar refractivity (Wildman–Crippen MR) is 69.6 cm³/mol. The molecule has 0 aliphatic heterocycles. The molecule has 0 bridgehead atoms. The second-order valence-corrected chi connectivity index (χ2v) is 4.13. The maximum Gasteiger partial charge on any atom is 0.255 e. The third-order valence-corrected chi connectivity index (χ3v) is 2.68. The zero-order chi connectivity index (χ0) is 13.4. The van der Waals surface area contributed by atoms with Crippen molar-refractivity contribution in [1.82, 2.24) is 5.32 Å². The molecule has 5 nitrogen and oxygen atoms in total. The van der Waals surface area contributed by atoms with Gasteiger partial charge in [-0.3, -0.25) is 4.79 Å². The molecule has 1 amide bonds. The molecule has 100 valence electrons. The first-order valence-corrected chi connectivity index (χ1v) is 6.16. The van der Waals surface area contributed by atoms with Crippen LogP contribution >= 0.6 is 0 Å². The molecule has 18 heavy (non-hydrogen) atoms. The van der Waals surface area contributed by atoms with E-state index in [-0.39, 0.29) is 23.0 Å². The van der Waals surface area contributed by atoms with E-state index in [1.165, 1.54) is 18.2 Å². The Morgan fingerprint density at radius 2 is 1.89 bits per heavy atom. The molecule has 0 aromatic heterocycles. The highest BCUT2D eigenvalue weighted by molar-refractivity contribution is 5.97. The monoisotopic (exact) mass is 252 g/mol. The van der Waals surface area contributed by atoms with E-state index in [0.29, 0.717) is 13.1 Å². The Morgan fingerprint density at radius 3 is 2.61 bits per heavy atom. The largest absolute Gasteiger partial charge is 0.504 e. The number of benzene rings is 1. The van der Waals surface area contributed by atoms with Gasteiger partial charge in [0.25, 0.3) is 5.91 Å². The molecule has 0 heterocycles. The van der Waals surface area contributed by atoms with Gasteiger partial charge in [-0.1, -0.05) is 18.9 Å². The van der Waals surface area contributed by atoms with Crippen molar-refractivity contribution in [3.63, 3.8) is 0 Å². The highest BCUT2D eigenvalue weighted by Crippen LogP contribution is 2.27. The van der Waals surface area contributed by atoms with Gasteiger partial charge in [0.05, 0.1) is 5.56 Å². The zero-order valence-electron chi connectivity index (χ0n) is 10.4. The number of nitrogens with one attached hydrogen (secondary N) is 1. The van der Waals surface area contributed by atoms with E-state index in [1.807, 2.05) is 0 Å². The molecule has 1 rings (SSSR count). The first kappa shape index (κ1) is 14.3. The molecule has 0 unspecified atom stereocenters. The number of carbonyl (C=O) groups is 1. The molecule has 5 N–H and O–H groups in total. The Labute approximate surface area is 107 Å². The summed E-state index contributed by atoms with van der Waals surface area (Å²) in [6.45, 7) is 1.25. The fraction of sp³-hybridized carbons (Fsp3) is 0.462. The number of rotatable bonds is 7. The van der Waals surface area contributed by atoms with Crippen molar-refractivity contribution in [1.29, 1.82) is 0 Å². The summed E-state index contributed by atoms with van der Waals surface area (Å²) < 4.78 is 0. The van der Waals surface area contributed by atoms with Gasteiger partial charge in [-0.05, 0) is 31.5 Å². The number of aromatic hydroxyl groups is 2. The lowest BCUT2D eigenvalue weighted by Crippen LogP contribution is -2.24. The SMILES string of the molecule is NCCCCCCNC(=O)c1cccc(O)c1O. The van der Waals surface area contributed by atoms with Crippen LogP contribution in [0.25, 0.3) is 0 Å². The first-order valence-electron chi connectivity index (χ1n) is 6.16. The summed E-state index contributed by atoms with van der Waals surface area (Å²) in [6, 6.07) is 4.32. The summed E-state index contributed by atoms with van der Waals surface area (Å²) in [5.41, 5.74) is 5.47.